The Hall–Kier alpha value is -5.25. The monoisotopic (exact) mass is 637 g/mol. The summed E-state index contributed by atoms with van der Waals surface area (Å²) in [6, 6.07) is 6.32. The van der Waals surface area contributed by atoms with Crippen LogP contribution in [0.3, 0.4) is 0 Å². The lowest BCUT2D eigenvalue weighted by molar-refractivity contribution is -0.159. The Morgan fingerprint density at radius 3 is 2.24 bits per heavy atom. The van der Waals surface area contributed by atoms with E-state index in [2.05, 4.69) is 10.6 Å². The molecule has 1 saturated carbocycles. The van der Waals surface area contributed by atoms with Gasteiger partial charge in [0.05, 0.1) is 40.7 Å². The molecule has 2 aromatic rings. The van der Waals surface area contributed by atoms with E-state index in [4.69, 9.17) is 0 Å². The largest absolute Gasteiger partial charge is 0.508 e. The Labute approximate surface area is 260 Å². The minimum Gasteiger partial charge on any atom is -0.508 e. The molecule has 0 bridgehead atoms. The fourth-order valence-electron chi connectivity index (χ4n) is 6.90. The van der Waals surface area contributed by atoms with Gasteiger partial charge < -0.3 is 46.4 Å². The lowest BCUT2D eigenvalue weighted by Gasteiger charge is -2.53. The third-order valence-electron chi connectivity index (χ3n) is 9.04. The molecule has 5 rings (SSSR count). The number of likely N-dealkylation sites (N-methyl/N-ethyl adjacent to an activating group) is 1. The number of nitrogens with one attached hydrogen (secondary N) is 2. The standard InChI is InChI=1S/C31H31N3O12/c1-30(45)13-7-5-9-17(35)19(13)23(36)20-14(30)10-15-22(34(2)3)24(37)21(26(39)31(15,46)25(20)38)27(40)33-11-32-16-8-4-6-12(28(41)42)18(16)29(43)44/h4-9,14-15,22,32,35-36,39,45-46H,10-11H2,1-3H3,(H,33,40)(H,41,42)(H,43,44). The zero-order valence-corrected chi connectivity index (χ0v) is 24.7. The SMILES string of the molecule is CN(C)C1C(=O)C(C(=O)NCNc2cccc(C(=O)O)c2C(=O)O)=C(O)C2(O)C(=O)C3=C(O)c4c(O)cccc4C(C)(O)C3CC12. The molecule has 5 atom stereocenters. The molecular weight excluding hydrogens is 606 g/mol. The molecule has 0 heterocycles. The van der Waals surface area contributed by atoms with E-state index in [9.17, 15) is 59.7 Å². The lowest BCUT2D eigenvalue weighted by Crippen LogP contribution is -2.67. The first-order valence-corrected chi connectivity index (χ1v) is 14.0. The van der Waals surface area contributed by atoms with Crippen LogP contribution in [0.5, 0.6) is 5.75 Å². The van der Waals surface area contributed by atoms with Crippen molar-refractivity contribution in [2.45, 2.75) is 30.6 Å². The second kappa shape index (κ2) is 11.0. The van der Waals surface area contributed by atoms with Gasteiger partial charge in [0, 0.05) is 17.4 Å². The number of aliphatic hydroxyl groups is 4. The highest BCUT2D eigenvalue weighted by atomic mass is 16.4. The Kier molecular flexibility index (Phi) is 7.67. The molecule has 15 nitrogen and oxygen atoms in total. The molecule has 3 aliphatic carbocycles. The predicted octanol–water partition coefficient (Wildman–Crippen LogP) is 0.726. The van der Waals surface area contributed by atoms with Crippen LogP contribution in [0.15, 0.2) is 53.3 Å². The number of benzene rings is 2. The Morgan fingerprint density at radius 2 is 1.63 bits per heavy atom. The van der Waals surface area contributed by atoms with Crippen molar-refractivity contribution in [2.24, 2.45) is 11.8 Å². The number of hydrogen-bond acceptors (Lipinski definition) is 12. The summed E-state index contributed by atoms with van der Waals surface area (Å²) in [4.78, 5) is 65.9. The van der Waals surface area contributed by atoms with Crippen LogP contribution in [0.25, 0.3) is 5.76 Å². The van der Waals surface area contributed by atoms with Crippen LogP contribution in [0.2, 0.25) is 0 Å². The summed E-state index contributed by atoms with van der Waals surface area (Å²) in [5, 5.41) is 80.3. The molecule has 0 aromatic heterocycles. The van der Waals surface area contributed by atoms with Crippen LogP contribution < -0.4 is 10.6 Å². The molecule has 1 amide bonds. The number of rotatable bonds is 7. The van der Waals surface area contributed by atoms with Crippen molar-refractivity contribution in [3.8, 4) is 5.75 Å². The van der Waals surface area contributed by atoms with Crippen LogP contribution in [-0.4, -0.2) is 102 Å². The molecular formula is C31H31N3O12. The van der Waals surface area contributed by atoms with E-state index >= 15 is 0 Å². The number of aromatic hydroxyl groups is 1. The van der Waals surface area contributed by atoms with Gasteiger partial charge in [-0.2, -0.15) is 0 Å². The van der Waals surface area contributed by atoms with Crippen molar-refractivity contribution in [1.29, 1.82) is 0 Å². The zero-order chi connectivity index (χ0) is 34.0. The van der Waals surface area contributed by atoms with Crippen LogP contribution in [0.1, 0.15) is 45.2 Å². The van der Waals surface area contributed by atoms with E-state index in [0.29, 0.717) is 0 Å². The normalized spacial score (nSPS) is 27.1. The summed E-state index contributed by atoms with van der Waals surface area (Å²) in [6.45, 7) is 0.778. The van der Waals surface area contributed by atoms with Crippen molar-refractivity contribution in [2.75, 3.05) is 26.1 Å². The van der Waals surface area contributed by atoms with Crippen LogP contribution in [-0.2, 0) is 20.0 Å². The summed E-state index contributed by atoms with van der Waals surface area (Å²) < 4.78 is 0. The fraction of sp³-hybridized carbons (Fsp3) is 0.323. The van der Waals surface area contributed by atoms with Gasteiger partial charge in [-0.3, -0.25) is 19.3 Å². The number of fused-ring (bicyclic) bond motifs is 3. The molecule has 0 aliphatic heterocycles. The number of carbonyl (C=O) groups is 5. The number of anilines is 1. The molecule has 2 aromatic carbocycles. The number of Topliss-reactive ketones (excluding diaryl/α,β-unsaturated/α-hetero) is 2. The predicted molar refractivity (Wildman–Crippen MR) is 158 cm³/mol. The van der Waals surface area contributed by atoms with E-state index in [1.165, 1.54) is 56.3 Å². The van der Waals surface area contributed by atoms with E-state index in [-0.39, 0.29) is 23.2 Å². The number of hydrogen-bond donors (Lipinski definition) is 9. The Morgan fingerprint density at radius 1 is 0.978 bits per heavy atom. The summed E-state index contributed by atoms with van der Waals surface area (Å²) in [7, 11) is 2.90. The van der Waals surface area contributed by atoms with Crippen molar-refractivity contribution in [3.63, 3.8) is 0 Å². The molecule has 15 heteroatoms. The Bertz CT molecular complexity index is 1790. The van der Waals surface area contributed by atoms with Gasteiger partial charge in [-0.05, 0) is 51.2 Å². The maximum Gasteiger partial charge on any atom is 0.338 e. The van der Waals surface area contributed by atoms with Crippen molar-refractivity contribution < 1.29 is 59.7 Å². The Balaban J connectivity index is 1.55. The number of aromatic carboxylic acids is 2. The first kappa shape index (κ1) is 32.2. The molecule has 46 heavy (non-hydrogen) atoms. The summed E-state index contributed by atoms with van der Waals surface area (Å²) in [5.41, 5.74) is -7.73. The molecule has 5 unspecified atom stereocenters. The first-order chi connectivity index (χ1) is 21.5. The number of carbonyl (C=O) groups excluding carboxylic acids is 3. The number of nitrogens with zero attached hydrogens (tertiary/aromatic N) is 1. The highest BCUT2D eigenvalue weighted by molar-refractivity contribution is 6.25. The average molecular weight is 638 g/mol. The minimum atomic E-state index is -2.92. The number of aliphatic hydroxyl groups excluding tert-OH is 2. The molecule has 3 aliphatic rings. The van der Waals surface area contributed by atoms with E-state index in [1.807, 2.05) is 0 Å². The number of amides is 1. The van der Waals surface area contributed by atoms with E-state index in [0.717, 1.165) is 6.07 Å². The van der Waals surface area contributed by atoms with Crippen LogP contribution in [0, 0.1) is 11.8 Å². The number of ketones is 2. The van der Waals surface area contributed by atoms with Gasteiger partial charge in [0.2, 0.25) is 5.78 Å². The molecule has 0 saturated heterocycles. The second-order valence-electron chi connectivity index (χ2n) is 11.8. The summed E-state index contributed by atoms with van der Waals surface area (Å²) in [6.07, 6.45) is -0.309. The highest BCUT2D eigenvalue weighted by Gasteiger charge is 2.66. The van der Waals surface area contributed by atoms with Crippen molar-refractivity contribution >= 4 is 40.9 Å². The molecule has 0 radical (unpaired) electrons. The summed E-state index contributed by atoms with van der Waals surface area (Å²) in [5.74, 6) is -11.7. The van der Waals surface area contributed by atoms with Crippen LogP contribution >= 0.6 is 0 Å². The fourth-order valence-corrected chi connectivity index (χ4v) is 6.90. The van der Waals surface area contributed by atoms with E-state index < -0.39 is 105 Å². The van der Waals surface area contributed by atoms with Gasteiger partial charge >= 0.3 is 11.9 Å². The number of carboxylic acids is 2. The second-order valence-corrected chi connectivity index (χ2v) is 11.8. The molecule has 9 N–H and O–H groups in total. The summed E-state index contributed by atoms with van der Waals surface area (Å²) >= 11 is 0. The van der Waals surface area contributed by atoms with Gasteiger partial charge in [-0.25, -0.2) is 9.59 Å². The van der Waals surface area contributed by atoms with Crippen LogP contribution in [0.4, 0.5) is 5.69 Å². The minimum absolute atomic E-state index is 0.104. The third kappa shape index (κ3) is 4.50. The third-order valence-corrected chi connectivity index (χ3v) is 9.04. The zero-order valence-electron chi connectivity index (χ0n) is 24.7. The maximum absolute atomic E-state index is 14.1. The first-order valence-electron chi connectivity index (χ1n) is 14.0. The van der Waals surface area contributed by atoms with Gasteiger partial charge in [0.1, 0.15) is 22.8 Å². The topological polar surface area (TPSA) is 254 Å². The van der Waals surface area contributed by atoms with Crippen molar-refractivity contribution in [1.82, 2.24) is 10.2 Å². The smallest absolute Gasteiger partial charge is 0.338 e. The highest BCUT2D eigenvalue weighted by Crippen LogP contribution is 2.57. The van der Waals surface area contributed by atoms with Gasteiger partial charge in [-0.1, -0.05) is 18.2 Å². The van der Waals surface area contributed by atoms with Gasteiger partial charge in [0.25, 0.3) is 5.91 Å². The molecule has 0 spiro atoms. The quantitative estimate of drug-likeness (QED) is 0.150. The van der Waals surface area contributed by atoms with Gasteiger partial charge in [0.15, 0.2) is 11.4 Å². The average Bonchev–Trinajstić information content (AvgIpc) is 2.97. The number of phenolic OH excluding ortho intramolecular Hbond substituents is 1. The lowest BCUT2D eigenvalue weighted by atomic mass is 9.54. The number of carboxylic acid groups (broad SMARTS) is 2. The van der Waals surface area contributed by atoms with Gasteiger partial charge in [-0.15, -0.1) is 0 Å². The molecule has 1 fully saturated rings. The van der Waals surface area contributed by atoms with E-state index in [1.54, 1.807) is 0 Å². The van der Waals surface area contributed by atoms with Crippen molar-refractivity contribution in [3.05, 3.63) is 75.6 Å². The maximum atomic E-state index is 14.1. The molecule has 242 valence electrons. The number of phenols is 1.